The van der Waals surface area contributed by atoms with Gasteiger partial charge in [0.1, 0.15) is 0 Å². The zero-order valence-corrected chi connectivity index (χ0v) is 28.6. The van der Waals surface area contributed by atoms with Crippen molar-refractivity contribution in [3.8, 4) is 5.88 Å². The molecule has 1 aromatic carbocycles. The fourth-order valence-electron chi connectivity index (χ4n) is 8.66. The van der Waals surface area contributed by atoms with Crippen molar-refractivity contribution < 1.29 is 9.53 Å². The Labute approximate surface area is 265 Å². The second kappa shape index (κ2) is 13.5. The van der Waals surface area contributed by atoms with Crippen molar-refractivity contribution in [1.29, 1.82) is 0 Å². The number of Topliss-reactive ketones (excluding diaryl/α,β-unsaturated/α-hetero) is 1. The van der Waals surface area contributed by atoms with Crippen molar-refractivity contribution >= 4 is 23.2 Å². The van der Waals surface area contributed by atoms with Crippen LogP contribution >= 0.6 is 11.6 Å². The van der Waals surface area contributed by atoms with Crippen molar-refractivity contribution in [3.63, 3.8) is 0 Å². The van der Waals surface area contributed by atoms with Gasteiger partial charge in [0.15, 0.2) is 11.6 Å². The van der Waals surface area contributed by atoms with E-state index in [2.05, 4.69) is 50.7 Å². The van der Waals surface area contributed by atoms with E-state index in [1.54, 1.807) is 7.11 Å². The number of hydrogen-bond acceptors (Lipinski definition) is 5. The van der Waals surface area contributed by atoms with Crippen LogP contribution in [-0.4, -0.2) is 60.8 Å². The molecule has 2 saturated carbocycles. The number of benzene rings is 1. The van der Waals surface area contributed by atoms with E-state index >= 15 is 0 Å². The van der Waals surface area contributed by atoms with Crippen LogP contribution in [0.4, 0.5) is 5.82 Å². The van der Waals surface area contributed by atoms with E-state index in [1.807, 2.05) is 17.8 Å². The summed E-state index contributed by atoms with van der Waals surface area (Å²) in [7, 11) is 8.10. The summed E-state index contributed by atoms with van der Waals surface area (Å²) in [5.74, 6) is 2.96. The number of rotatable bonds is 12. The van der Waals surface area contributed by atoms with Crippen molar-refractivity contribution in [2.75, 3.05) is 39.2 Å². The van der Waals surface area contributed by atoms with Gasteiger partial charge < -0.3 is 14.5 Å². The Morgan fingerprint density at radius 2 is 1.86 bits per heavy atom. The first-order valence-electron chi connectivity index (χ1n) is 17.0. The lowest BCUT2D eigenvalue weighted by atomic mass is 9.75. The van der Waals surface area contributed by atoms with Gasteiger partial charge in [0, 0.05) is 42.7 Å². The van der Waals surface area contributed by atoms with Gasteiger partial charge >= 0.3 is 0 Å². The maximum atomic E-state index is 14.4. The molecule has 2 heterocycles. The highest BCUT2D eigenvalue weighted by Gasteiger charge is 2.57. The summed E-state index contributed by atoms with van der Waals surface area (Å²) in [5, 5.41) is 5.57. The number of halogens is 1. The molecule has 0 radical (unpaired) electrons. The van der Waals surface area contributed by atoms with Crippen LogP contribution in [0.1, 0.15) is 117 Å². The highest BCUT2D eigenvalue weighted by Crippen LogP contribution is 2.67. The van der Waals surface area contributed by atoms with Crippen LogP contribution in [0.15, 0.2) is 12.1 Å². The van der Waals surface area contributed by atoms with Gasteiger partial charge in [-0.1, -0.05) is 31.9 Å². The smallest absolute Gasteiger partial charge is 0.216 e. The quantitative estimate of drug-likeness (QED) is 0.227. The minimum atomic E-state index is -0.162. The Morgan fingerprint density at radius 3 is 2.47 bits per heavy atom. The number of aromatic nitrogens is 2. The van der Waals surface area contributed by atoms with Gasteiger partial charge in [0.05, 0.1) is 12.7 Å². The van der Waals surface area contributed by atoms with Gasteiger partial charge in [-0.2, -0.15) is 5.10 Å². The molecule has 238 valence electrons. The standard InChI is InChI=1S/C36H55ClN4O2/c1-8-13-28(32-23-36(32)16-14-27(15-17-36)39(4)5)29-21-26(37)22-30(24(29)3)33(42)25(9-2)20-31-34(38-40(6)35(31)43-7)41-18-11-10-12-19-41/h21-22,25,27-28,32H,8-20,23H2,1-7H3. The fourth-order valence-corrected chi connectivity index (χ4v) is 8.89. The van der Waals surface area contributed by atoms with Gasteiger partial charge in [0.25, 0.3) is 0 Å². The van der Waals surface area contributed by atoms with E-state index in [-0.39, 0.29) is 11.7 Å². The SMILES string of the molecule is CCCC(c1cc(Cl)cc(C(=O)C(CC)Cc2c(N3CCCCC3)nn(C)c2OC)c1C)C1CC12CCC(N(C)C)CC2. The predicted molar refractivity (Wildman–Crippen MR) is 178 cm³/mol. The number of carbonyl (C=O) groups excluding carboxylic acids is 1. The number of anilines is 1. The normalized spacial score (nSPS) is 25.3. The maximum Gasteiger partial charge on any atom is 0.216 e. The van der Waals surface area contributed by atoms with Crippen molar-refractivity contribution in [2.45, 2.75) is 110 Å². The number of ether oxygens (including phenoxy) is 1. The maximum absolute atomic E-state index is 14.4. The second-order valence-electron chi connectivity index (χ2n) is 14.1. The van der Waals surface area contributed by atoms with Gasteiger partial charge in [-0.15, -0.1) is 0 Å². The zero-order valence-electron chi connectivity index (χ0n) is 27.8. The molecular weight excluding hydrogens is 556 g/mol. The molecule has 1 aliphatic heterocycles. The van der Waals surface area contributed by atoms with Gasteiger partial charge in [-0.3, -0.25) is 4.79 Å². The van der Waals surface area contributed by atoms with Crippen LogP contribution in [0.25, 0.3) is 0 Å². The third kappa shape index (κ3) is 6.52. The Morgan fingerprint density at radius 1 is 1.16 bits per heavy atom. The van der Waals surface area contributed by atoms with Crippen LogP contribution < -0.4 is 9.64 Å². The van der Waals surface area contributed by atoms with Gasteiger partial charge in [0.2, 0.25) is 5.88 Å². The largest absolute Gasteiger partial charge is 0.481 e. The first kappa shape index (κ1) is 32.3. The van der Waals surface area contributed by atoms with Crippen molar-refractivity contribution in [1.82, 2.24) is 14.7 Å². The third-order valence-corrected chi connectivity index (χ3v) is 11.5. The molecule has 3 fully saturated rings. The molecule has 2 aliphatic carbocycles. The predicted octanol–water partition coefficient (Wildman–Crippen LogP) is 8.23. The lowest BCUT2D eigenvalue weighted by Crippen LogP contribution is -2.33. The zero-order chi connectivity index (χ0) is 30.9. The van der Waals surface area contributed by atoms with Crippen LogP contribution in [0.2, 0.25) is 5.02 Å². The van der Waals surface area contributed by atoms with E-state index in [1.165, 1.54) is 56.9 Å². The molecule has 0 amide bonds. The number of nitrogens with zero attached hydrogens (tertiary/aromatic N) is 4. The second-order valence-corrected chi connectivity index (χ2v) is 14.5. The minimum absolute atomic E-state index is 0.162. The summed E-state index contributed by atoms with van der Waals surface area (Å²) in [6, 6.07) is 4.84. The Balaban J connectivity index is 1.42. The average Bonchev–Trinajstić information content (AvgIpc) is 3.59. The summed E-state index contributed by atoms with van der Waals surface area (Å²) in [5.41, 5.74) is 4.81. The van der Waals surface area contributed by atoms with Crippen LogP contribution in [0.5, 0.6) is 5.88 Å². The van der Waals surface area contributed by atoms with Crippen LogP contribution in [-0.2, 0) is 13.5 Å². The Hall–Kier alpha value is -2.05. The summed E-state index contributed by atoms with van der Waals surface area (Å²) < 4.78 is 7.68. The minimum Gasteiger partial charge on any atom is -0.481 e. The Bertz CT molecular complexity index is 1270. The molecule has 3 aliphatic rings. The molecule has 2 aromatic rings. The molecule has 6 nitrogen and oxygen atoms in total. The highest BCUT2D eigenvalue weighted by molar-refractivity contribution is 6.31. The number of piperidine rings is 1. The molecule has 3 unspecified atom stereocenters. The number of ketones is 1. The molecule has 43 heavy (non-hydrogen) atoms. The van der Waals surface area contributed by atoms with Crippen molar-refractivity contribution in [3.05, 3.63) is 39.4 Å². The topological polar surface area (TPSA) is 50.6 Å². The van der Waals surface area contributed by atoms with E-state index in [9.17, 15) is 4.79 Å². The molecule has 1 saturated heterocycles. The molecule has 7 heteroatoms. The molecule has 0 bridgehead atoms. The lowest BCUT2D eigenvalue weighted by molar-refractivity contribution is 0.0914. The molecular formula is C36H55ClN4O2. The molecule has 5 rings (SSSR count). The highest BCUT2D eigenvalue weighted by atomic mass is 35.5. The number of carbonyl (C=O) groups is 1. The van der Waals surface area contributed by atoms with E-state index in [0.29, 0.717) is 34.7 Å². The Kier molecular flexibility index (Phi) is 10.2. The lowest BCUT2D eigenvalue weighted by Gasteiger charge is -2.35. The number of hydrogen-bond donors (Lipinski definition) is 0. The first-order chi connectivity index (χ1) is 20.6. The number of aryl methyl sites for hydroxylation is 1. The fraction of sp³-hybridized carbons (Fsp3) is 0.722. The van der Waals surface area contributed by atoms with Gasteiger partial charge in [-0.05, 0) is 132 Å². The molecule has 1 spiro atoms. The van der Waals surface area contributed by atoms with Crippen molar-refractivity contribution in [2.24, 2.45) is 24.3 Å². The monoisotopic (exact) mass is 610 g/mol. The first-order valence-corrected chi connectivity index (χ1v) is 17.4. The summed E-state index contributed by atoms with van der Waals surface area (Å²) in [4.78, 5) is 19.2. The summed E-state index contributed by atoms with van der Waals surface area (Å²) in [6.07, 6.45) is 13.9. The van der Waals surface area contributed by atoms with E-state index in [0.717, 1.165) is 60.7 Å². The van der Waals surface area contributed by atoms with E-state index in [4.69, 9.17) is 21.4 Å². The molecule has 3 atom stereocenters. The number of methoxy groups -OCH3 is 1. The summed E-state index contributed by atoms with van der Waals surface area (Å²) >= 11 is 6.85. The molecule has 0 N–H and O–H groups in total. The van der Waals surface area contributed by atoms with Crippen LogP contribution in [0, 0.1) is 24.2 Å². The molecule has 1 aromatic heterocycles. The summed E-state index contributed by atoms with van der Waals surface area (Å²) in [6.45, 7) is 8.62. The van der Waals surface area contributed by atoms with E-state index < -0.39 is 0 Å². The van der Waals surface area contributed by atoms with Gasteiger partial charge in [-0.25, -0.2) is 4.68 Å². The third-order valence-electron chi connectivity index (χ3n) is 11.3. The average molecular weight is 611 g/mol. The van der Waals surface area contributed by atoms with Crippen LogP contribution in [0.3, 0.4) is 0 Å².